The van der Waals surface area contributed by atoms with E-state index in [1.807, 2.05) is 30.5 Å². The SMILES string of the molecule is CC(=O)Nc1ccc(N=Cc2cc3c(cc2C)N(C)C(C)(C)CC3C)cc1. The standard InChI is InChI=1S/C23H29N3O/c1-15-11-22-21(16(2)13-23(4,5)26(22)6)12-18(15)14-24-19-7-9-20(10-8-19)25-17(3)27/h7-12,14,16H,13H2,1-6H3,(H,25,27). The Labute approximate surface area is 162 Å². The smallest absolute Gasteiger partial charge is 0.221 e. The summed E-state index contributed by atoms with van der Waals surface area (Å²) < 4.78 is 0. The second-order valence-corrected chi connectivity index (χ2v) is 8.23. The summed E-state index contributed by atoms with van der Waals surface area (Å²) in [5.74, 6) is 0.453. The molecule has 0 aliphatic carbocycles. The first-order valence-electron chi connectivity index (χ1n) is 9.47. The van der Waals surface area contributed by atoms with Gasteiger partial charge in [0.25, 0.3) is 0 Å². The van der Waals surface area contributed by atoms with Gasteiger partial charge in [-0.3, -0.25) is 9.79 Å². The lowest BCUT2D eigenvalue weighted by Crippen LogP contribution is -2.45. The fraction of sp³-hybridized carbons (Fsp3) is 0.391. The van der Waals surface area contributed by atoms with E-state index in [1.54, 1.807) is 0 Å². The highest BCUT2D eigenvalue weighted by Gasteiger charge is 2.34. The van der Waals surface area contributed by atoms with Gasteiger partial charge in [0.2, 0.25) is 5.91 Å². The number of aliphatic imine (C=N–C) groups is 1. The van der Waals surface area contributed by atoms with E-state index in [-0.39, 0.29) is 11.4 Å². The maximum Gasteiger partial charge on any atom is 0.221 e. The molecular weight excluding hydrogens is 334 g/mol. The molecule has 0 saturated heterocycles. The van der Waals surface area contributed by atoms with Gasteiger partial charge in [0.15, 0.2) is 0 Å². The van der Waals surface area contributed by atoms with Crippen LogP contribution in [0.25, 0.3) is 0 Å². The van der Waals surface area contributed by atoms with Crippen LogP contribution in [0.4, 0.5) is 17.1 Å². The average molecular weight is 364 g/mol. The molecule has 1 unspecified atom stereocenters. The number of nitrogens with zero attached hydrogens (tertiary/aromatic N) is 2. The zero-order valence-electron chi connectivity index (χ0n) is 17.1. The number of benzene rings is 2. The molecule has 2 aromatic rings. The molecule has 3 rings (SSSR count). The van der Waals surface area contributed by atoms with E-state index in [9.17, 15) is 4.79 Å². The van der Waals surface area contributed by atoms with E-state index >= 15 is 0 Å². The molecule has 0 saturated carbocycles. The van der Waals surface area contributed by atoms with Gasteiger partial charge in [-0.2, -0.15) is 0 Å². The third-order valence-corrected chi connectivity index (χ3v) is 5.56. The van der Waals surface area contributed by atoms with Gasteiger partial charge in [-0.25, -0.2) is 0 Å². The Kier molecular flexibility index (Phi) is 5.09. The summed E-state index contributed by atoms with van der Waals surface area (Å²) in [5, 5.41) is 2.77. The molecule has 2 aromatic carbocycles. The highest BCUT2D eigenvalue weighted by molar-refractivity contribution is 5.89. The second-order valence-electron chi connectivity index (χ2n) is 8.23. The predicted molar refractivity (Wildman–Crippen MR) is 115 cm³/mol. The molecule has 0 bridgehead atoms. The normalized spacial score (nSPS) is 18.4. The quantitative estimate of drug-likeness (QED) is 0.739. The van der Waals surface area contributed by atoms with Crippen LogP contribution < -0.4 is 10.2 Å². The van der Waals surface area contributed by atoms with Crippen LogP contribution in [0.5, 0.6) is 0 Å². The first kappa shape index (κ1) is 19.2. The van der Waals surface area contributed by atoms with Crippen molar-refractivity contribution in [3.05, 3.63) is 53.1 Å². The van der Waals surface area contributed by atoms with Gasteiger partial charge in [0.05, 0.1) is 5.69 Å². The van der Waals surface area contributed by atoms with E-state index in [4.69, 9.17) is 0 Å². The lowest BCUT2D eigenvalue weighted by atomic mass is 9.79. The summed E-state index contributed by atoms with van der Waals surface area (Å²) >= 11 is 0. The van der Waals surface area contributed by atoms with Crippen molar-refractivity contribution in [1.29, 1.82) is 0 Å². The summed E-state index contributed by atoms with van der Waals surface area (Å²) in [6.45, 7) is 10.6. The number of aryl methyl sites for hydroxylation is 1. The van der Waals surface area contributed by atoms with Gasteiger partial charge in [0, 0.05) is 37.1 Å². The van der Waals surface area contributed by atoms with Crippen molar-refractivity contribution in [3.63, 3.8) is 0 Å². The third kappa shape index (κ3) is 4.05. The van der Waals surface area contributed by atoms with E-state index in [0.717, 1.165) is 23.4 Å². The zero-order chi connectivity index (χ0) is 19.8. The maximum absolute atomic E-state index is 11.1. The Balaban J connectivity index is 1.87. The van der Waals surface area contributed by atoms with E-state index < -0.39 is 0 Å². The first-order valence-corrected chi connectivity index (χ1v) is 9.47. The van der Waals surface area contributed by atoms with Crippen molar-refractivity contribution in [1.82, 2.24) is 0 Å². The molecule has 1 N–H and O–H groups in total. The Bertz CT molecular complexity index is 881. The fourth-order valence-corrected chi connectivity index (χ4v) is 3.85. The van der Waals surface area contributed by atoms with Crippen LogP contribution in [-0.2, 0) is 4.79 Å². The molecule has 0 radical (unpaired) electrons. The van der Waals surface area contributed by atoms with Gasteiger partial charge in [-0.05, 0) is 86.2 Å². The van der Waals surface area contributed by atoms with Crippen LogP contribution in [0, 0.1) is 6.92 Å². The number of rotatable bonds is 3. The van der Waals surface area contributed by atoms with Crippen LogP contribution in [0.3, 0.4) is 0 Å². The largest absolute Gasteiger partial charge is 0.369 e. The maximum atomic E-state index is 11.1. The number of anilines is 2. The Morgan fingerprint density at radius 1 is 1.26 bits per heavy atom. The van der Waals surface area contributed by atoms with Crippen LogP contribution in [0.1, 0.15) is 56.7 Å². The van der Waals surface area contributed by atoms with Gasteiger partial charge in [-0.1, -0.05) is 6.92 Å². The van der Waals surface area contributed by atoms with Gasteiger partial charge < -0.3 is 10.2 Å². The molecular formula is C23H29N3O. The molecule has 142 valence electrons. The lowest BCUT2D eigenvalue weighted by molar-refractivity contribution is -0.114. The number of hydrogen-bond acceptors (Lipinski definition) is 3. The predicted octanol–water partition coefficient (Wildman–Crippen LogP) is 5.43. The zero-order valence-corrected chi connectivity index (χ0v) is 17.1. The number of amides is 1. The Morgan fingerprint density at radius 2 is 1.93 bits per heavy atom. The number of fused-ring (bicyclic) bond motifs is 1. The number of hydrogen-bond donors (Lipinski definition) is 1. The van der Waals surface area contributed by atoms with Gasteiger partial charge >= 0.3 is 0 Å². The number of carbonyl (C=O) groups excluding carboxylic acids is 1. The molecule has 0 fully saturated rings. The minimum atomic E-state index is -0.0711. The first-order chi connectivity index (χ1) is 12.7. The molecule has 1 amide bonds. The minimum Gasteiger partial charge on any atom is -0.369 e. The van der Waals surface area contributed by atoms with Crippen LogP contribution in [0.15, 0.2) is 41.4 Å². The number of nitrogens with one attached hydrogen (secondary N) is 1. The summed E-state index contributed by atoms with van der Waals surface area (Å²) in [6, 6.07) is 12.1. The van der Waals surface area contributed by atoms with Gasteiger partial charge in [0.1, 0.15) is 0 Å². The number of carbonyl (C=O) groups is 1. The second kappa shape index (κ2) is 7.18. The summed E-state index contributed by atoms with van der Waals surface area (Å²) in [6.07, 6.45) is 3.08. The monoisotopic (exact) mass is 363 g/mol. The molecule has 1 heterocycles. The molecule has 27 heavy (non-hydrogen) atoms. The van der Waals surface area contributed by atoms with Crippen molar-refractivity contribution < 1.29 is 4.79 Å². The molecule has 1 atom stereocenters. The van der Waals surface area contributed by atoms with E-state index in [0.29, 0.717) is 5.92 Å². The minimum absolute atomic E-state index is 0.0711. The molecule has 1 aliphatic rings. The summed E-state index contributed by atoms with van der Waals surface area (Å²) in [5.41, 5.74) is 6.92. The lowest BCUT2D eigenvalue weighted by Gasteiger charge is -2.45. The molecule has 4 nitrogen and oxygen atoms in total. The van der Waals surface area contributed by atoms with Crippen LogP contribution in [0.2, 0.25) is 0 Å². The Hall–Kier alpha value is -2.62. The van der Waals surface area contributed by atoms with Crippen molar-refractivity contribution in [3.8, 4) is 0 Å². The summed E-state index contributed by atoms with van der Waals surface area (Å²) in [7, 11) is 2.19. The average Bonchev–Trinajstić information content (AvgIpc) is 2.59. The Morgan fingerprint density at radius 3 is 2.56 bits per heavy atom. The van der Waals surface area contributed by atoms with Crippen molar-refractivity contribution in [2.45, 2.75) is 52.5 Å². The van der Waals surface area contributed by atoms with E-state index in [1.165, 1.54) is 23.7 Å². The third-order valence-electron chi connectivity index (χ3n) is 5.56. The highest BCUT2D eigenvalue weighted by Crippen LogP contribution is 2.43. The topological polar surface area (TPSA) is 44.7 Å². The van der Waals surface area contributed by atoms with Gasteiger partial charge in [-0.15, -0.1) is 0 Å². The molecule has 4 heteroatoms. The van der Waals surface area contributed by atoms with Crippen molar-refractivity contribution in [2.75, 3.05) is 17.3 Å². The van der Waals surface area contributed by atoms with Crippen molar-refractivity contribution >= 4 is 29.2 Å². The fourth-order valence-electron chi connectivity index (χ4n) is 3.85. The highest BCUT2D eigenvalue weighted by atomic mass is 16.1. The van der Waals surface area contributed by atoms with E-state index in [2.05, 4.69) is 62.1 Å². The van der Waals surface area contributed by atoms with Crippen LogP contribution in [-0.4, -0.2) is 24.7 Å². The molecule has 0 aromatic heterocycles. The molecule has 0 spiro atoms. The summed E-state index contributed by atoms with van der Waals surface area (Å²) in [4.78, 5) is 18.1. The van der Waals surface area contributed by atoms with Crippen molar-refractivity contribution in [2.24, 2.45) is 4.99 Å². The van der Waals surface area contributed by atoms with Crippen LogP contribution >= 0.6 is 0 Å². The molecule has 1 aliphatic heterocycles.